The Labute approximate surface area is 244 Å². The summed E-state index contributed by atoms with van der Waals surface area (Å²) >= 11 is 0. The number of rotatable bonds is 12. The van der Waals surface area contributed by atoms with E-state index in [0.717, 1.165) is 5.75 Å². The number of likely N-dealkylation sites (tertiary alicyclic amines) is 1. The normalized spacial score (nSPS) is 17.2. The van der Waals surface area contributed by atoms with E-state index < -0.39 is 5.60 Å². The van der Waals surface area contributed by atoms with Gasteiger partial charge in [-0.2, -0.15) is 0 Å². The molecule has 1 aliphatic rings. The lowest BCUT2D eigenvalue weighted by atomic mass is 9.92. The Bertz CT molecular complexity index is 1120. The topological polar surface area (TPSA) is 86.8 Å². The second kappa shape index (κ2) is 15.0. The lowest BCUT2D eigenvalue weighted by Gasteiger charge is -2.44. The van der Waals surface area contributed by atoms with Crippen molar-refractivity contribution in [3.63, 3.8) is 0 Å². The maximum Gasteiger partial charge on any atom is 0.410 e. The molecule has 2 aromatic rings. The lowest BCUT2D eigenvalue weighted by Crippen LogP contribution is -2.57. The molecule has 0 aromatic heterocycles. The summed E-state index contributed by atoms with van der Waals surface area (Å²) in [5, 5.41) is 0. The van der Waals surface area contributed by atoms with Crippen molar-refractivity contribution in [1.29, 1.82) is 0 Å². The van der Waals surface area contributed by atoms with Crippen LogP contribution in [0.15, 0.2) is 48.5 Å². The number of ether oxygens (including phenoxy) is 5. The molecule has 3 rings (SSSR count). The Kier molecular flexibility index (Phi) is 11.7. The molecule has 2 aromatic carbocycles. The molecule has 0 radical (unpaired) electrons. The Morgan fingerprint density at radius 2 is 1.71 bits per heavy atom. The first-order valence-electron chi connectivity index (χ1n) is 14.3. The first-order chi connectivity index (χ1) is 19.5. The minimum atomic E-state index is -0.629. The van der Waals surface area contributed by atoms with Crippen molar-refractivity contribution in [1.82, 2.24) is 9.80 Å². The molecular weight excluding hydrogens is 524 g/mol. The molecule has 0 spiro atoms. The monoisotopic (exact) mass is 570 g/mol. The number of amides is 2. The first-order valence-corrected chi connectivity index (χ1v) is 14.3. The Morgan fingerprint density at radius 3 is 2.34 bits per heavy atom. The molecule has 226 valence electrons. The number of benzene rings is 2. The van der Waals surface area contributed by atoms with Crippen LogP contribution in [-0.4, -0.2) is 86.6 Å². The Balaban J connectivity index is 1.85. The summed E-state index contributed by atoms with van der Waals surface area (Å²) in [7, 11) is 3.22. The van der Waals surface area contributed by atoms with E-state index in [1.54, 1.807) is 37.3 Å². The number of piperidine rings is 1. The number of para-hydroxylation sites is 1. The molecule has 1 fully saturated rings. The zero-order valence-corrected chi connectivity index (χ0v) is 25.6. The maximum atomic E-state index is 14.0. The summed E-state index contributed by atoms with van der Waals surface area (Å²) in [6, 6.07) is 14.5. The SMILES string of the molecule is COCCCOc1cc(C(=O)N(C(C)C)C2C[C@H](COc3ccccc3)CN(C(=O)OC(C)(C)C)C2)ccc1OC. The van der Waals surface area contributed by atoms with Crippen molar-refractivity contribution in [3.05, 3.63) is 54.1 Å². The molecule has 0 bridgehead atoms. The summed E-state index contributed by atoms with van der Waals surface area (Å²) < 4.78 is 28.3. The molecule has 0 saturated carbocycles. The Morgan fingerprint density at radius 1 is 0.976 bits per heavy atom. The zero-order chi connectivity index (χ0) is 30.0. The standard InChI is InChI=1S/C32H46N2O7/c1-23(2)34(30(35)25-14-15-28(38-7)29(19-25)39-17-11-16-37-6)26-18-24(22-40-27-12-9-8-10-13-27)20-33(21-26)31(36)41-32(3,4)5/h8-10,12-15,19,23-24,26H,11,16-18,20-22H2,1-7H3/t24-,26?/m0/s1. The second-order valence-corrected chi connectivity index (χ2v) is 11.6. The van der Waals surface area contributed by atoms with Gasteiger partial charge < -0.3 is 33.5 Å². The quantitative estimate of drug-likeness (QED) is 0.304. The lowest BCUT2D eigenvalue weighted by molar-refractivity contribution is -0.00552. The van der Waals surface area contributed by atoms with Crippen LogP contribution in [0.1, 0.15) is 57.8 Å². The zero-order valence-electron chi connectivity index (χ0n) is 25.6. The number of hydrogen-bond acceptors (Lipinski definition) is 7. The van der Waals surface area contributed by atoms with Crippen LogP contribution in [0.2, 0.25) is 0 Å². The van der Waals surface area contributed by atoms with E-state index in [1.807, 2.05) is 69.9 Å². The van der Waals surface area contributed by atoms with Gasteiger partial charge >= 0.3 is 6.09 Å². The summed E-state index contributed by atoms with van der Waals surface area (Å²) in [6.45, 7) is 11.8. The number of methoxy groups -OCH3 is 2. The van der Waals surface area contributed by atoms with Crippen LogP contribution in [-0.2, 0) is 9.47 Å². The van der Waals surface area contributed by atoms with Crippen molar-refractivity contribution in [2.45, 2.75) is 65.1 Å². The van der Waals surface area contributed by atoms with Crippen LogP contribution in [0.4, 0.5) is 4.79 Å². The Hall–Kier alpha value is -3.46. The largest absolute Gasteiger partial charge is 0.493 e. The predicted molar refractivity (Wildman–Crippen MR) is 158 cm³/mol. The average molecular weight is 571 g/mol. The fourth-order valence-corrected chi connectivity index (χ4v) is 4.98. The molecule has 1 saturated heterocycles. The van der Waals surface area contributed by atoms with Crippen LogP contribution < -0.4 is 14.2 Å². The van der Waals surface area contributed by atoms with E-state index >= 15 is 0 Å². The van der Waals surface area contributed by atoms with Gasteiger partial charge in [0.25, 0.3) is 5.91 Å². The number of carbonyl (C=O) groups excluding carboxylic acids is 2. The molecule has 2 atom stereocenters. The molecule has 0 N–H and O–H groups in total. The highest BCUT2D eigenvalue weighted by Gasteiger charge is 2.38. The van der Waals surface area contributed by atoms with Crippen LogP contribution in [0.5, 0.6) is 17.2 Å². The summed E-state index contributed by atoms with van der Waals surface area (Å²) in [5.41, 5.74) is -0.135. The predicted octanol–water partition coefficient (Wildman–Crippen LogP) is 5.67. The van der Waals surface area contributed by atoms with Gasteiger partial charge in [-0.25, -0.2) is 4.79 Å². The average Bonchev–Trinajstić information content (AvgIpc) is 2.93. The van der Waals surface area contributed by atoms with Gasteiger partial charge in [-0.05, 0) is 71.4 Å². The van der Waals surface area contributed by atoms with Crippen molar-refractivity contribution in [2.75, 3.05) is 47.1 Å². The van der Waals surface area contributed by atoms with E-state index in [2.05, 4.69) is 0 Å². The maximum absolute atomic E-state index is 14.0. The van der Waals surface area contributed by atoms with Gasteiger partial charge in [0.1, 0.15) is 11.4 Å². The number of nitrogens with zero attached hydrogens (tertiary/aromatic N) is 2. The third kappa shape index (κ3) is 9.56. The molecule has 9 nitrogen and oxygen atoms in total. The van der Waals surface area contributed by atoms with Gasteiger partial charge in [-0.1, -0.05) is 18.2 Å². The summed E-state index contributed by atoms with van der Waals surface area (Å²) in [4.78, 5) is 30.8. The molecule has 1 aliphatic heterocycles. The van der Waals surface area contributed by atoms with Crippen LogP contribution in [0.3, 0.4) is 0 Å². The van der Waals surface area contributed by atoms with E-state index in [0.29, 0.717) is 62.8 Å². The molecular formula is C32H46N2O7. The fourth-order valence-electron chi connectivity index (χ4n) is 4.98. The van der Waals surface area contributed by atoms with Crippen molar-refractivity contribution in [2.24, 2.45) is 5.92 Å². The van der Waals surface area contributed by atoms with Crippen molar-refractivity contribution >= 4 is 12.0 Å². The minimum absolute atomic E-state index is 0.00562. The van der Waals surface area contributed by atoms with Crippen LogP contribution >= 0.6 is 0 Å². The van der Waals surface area contributed by atoms with Gasteiger partial charge in [-0.3, -0.25) is 4.79 Å². The summed E-state index contributed by atoms with van der Waals surface area (Å²) in [5.74, 6) is 1.70. The van der Waals surface area contributed by atoms with E-state index in [4.69, 9.17) is 23.7 Å². The fraction of sp³-hybridized carbons (Fsp3) is 0.562. The number of carbonyl (C=O) groups is 2. The van der Waals surface area contributed by atoms with Gasteiger partial charge in [0.15, 0.2) is 11.5 Å². The molecule has 41 heavy (non-hydrogen) atoms. The molecule has 2 amide bonds. The van der Waals surface area contributed by atoms with Crippen molar-refractivity contribution < 1.29 is 33.3 Å². The highest BCUT2D eigenvalue weighted by Crippen LogP contribution is 2.31. The van der Waals surface area contributed by atoms with Crippen LogP contribution in [0, 0.1) is 5.92 Å². The summed E-state index contributed by atoms with van der Waals surface area (Å²) in [6.07, 6.45) is 1.01. The highest BCUT2D eigenvalue weighted by atomic mass is 16.6. The second-order valence-electron chi connectivity index (χ2n) is 11.6. The van der Waals surface area contributed by atoms with Crippen LogP contribution in [0.25, 0.3) is 0 Å². The van der Waals surface area contributed by atoms with E-state index in [-0.39, 0.29) is 30.0 Å². The van der Waals surface area contributed by atoms with E-state index in [1.165, 1.54) is 0 Å². The third-order valence-electron chi connectivity index (χ3n) is 6.74. The molecule has 1 heterocycles. The third-order valence-corrected chi connectivity index (χ3v) is 6.74. The highest BCUT2D eigenvalue weighted by molar-refractivity contribution is 5.95. The molecule has 0 aliphatic carbocycles. The first kappa shape index (κ1) is 32.1. The smallest absolute Gasteiger partial charge is 0.410 e. The molecule has 1 unspecified atom stereocenters. The minimum Gasteiger partial charge on any atom is -0.493 e. The van der Waals surface area contributed by atoms with Gasteiger partial charge in [0, 0.05) is 50.8 Å². The van der Waals surface area contributed by atoms with E-state index in [9.17, 15) is 9.59 Å². The van der Waals surface area contributed by atoms with Gasteiger partial charge in [-0.15, -0.1) is 0 Å². The molecule has 9 heteroatoms. The van der Waals surface area contributed by atoms with Gasteiger partial charge in [0.05, 0.1) is 26.4 Å². The van der Waals surface area contributed by atoms with Gasteiger partial charge in [0.2, 0.25) is 0 Å². The van der Waals surface area contributed by atoms with Crippen molar-refractivity contribution in [3.8, 4) is 17.2 Å². The number of hydrogen-bond donors (Lipinski definition) is 0.